The number of aromatic nitrogens is 1. The van der Waals surface area contributed by atoms with E-state index in [-0.39, 0.29) is 5.15 Å². The molecule has 1 aromatic rings. The summed E-state index contributed by atoms with van der Waals surface area (Å²) in [4.78, 5) is 24.8. The van der Waals surface area contributed by atoms with E-state index in [0.29, 0.717) is 10.7 Å². The van der Waals surface area contributed by atoms with E-state index in [1.54, 1.807) is 0 Å². The molecule has 5 nitrogen and oxygen atoms in total. The zero-order valence-electron chi connectivity index (χ0n) is 6.77. The Balaban J connectivity index is 2.99. The van der Waals surface area contributed by atoms with E-state index in [4.69, 9.17) is 11.6 Å². The summed E-state index contributed by atoms with van der Waals surface area (Å²) in [5.41, 5.74) is 0.298. The first kappa shape index (κ1) is 9.60. The van der Waals surface area contributed by atoms with Gasteiger partial charge < -0.3 is 0 Å². The molecule has 0 saturated heterocycles. The highest BCUT2D eigenvalue weighted by Crippen LogP contribution is 2.15. The maximum atomic E-state index is 10.8. The Bertz CT molecular complexity index is 325. The number of pyridine rings is 1. The van der Waals surface area contributed by atoms with Gasteiger partial charge in [0.1, 0.15) is 5.15 Å². The fraction of sp³-hybridized carbons (Fsp3) is 0.143. The average molecular weight is 200 g/mol. The summed E-state index contributed by atoms with van der Waals surface area (Å²) < 4.78 is 0. The van der Waals surface area contributed by atoms with E-state index >= 15 is 0 Å². The fourth-order valence-electron chi connectivity index (χ4n) is 0.780. The lowest BCUT2D eigenvalue weighted by molar-refractivity contribution is -0.116. The zero-order chi connectivity index (χ0) is 9.84. The summed E-state index contributed by atoms with van der Waals surface area (Å²) in [5.74, 6) is -0.473. The van der Waals surface area contributed by atoms with Crippen LogP contribution in [0.25, 0.3) is 0 Å². The summed E-state index contributed by atoms with van der Waals surface area (Å²) in [6.07, 6.45) is 1.30. The van der Waals surface area contributed by atoms with Crippen molar-refractivity contribution in [2.75, 3.05) is 5.01 Å². The number of carbonyl (C=O) groups is 1. The first-order valence-electron chi connectivity index (χ1n) is 3.40. The molecule has 1 amide bonds. The molecule has 1 aromatic heterocycles. The van der Waals surface area contributed by atoms with Crippen molar-refractivity contribution >= 4 is 23.2 Å². The van der Waals surface area contributed by atoms with Crippen LogP contribution in [0.3, 0.4) is 0 Å². The van der Waals surface area contributed by atoms with Crippen molar-refractivity contribution in [3.8, 4) is 0 Å². The highest BCUT2D eigenvalue weighted by atomic mass is 35.5. The molecule has 6 heteroatoms. The number of anilines is 1. The standard InChI is InChI=1S/C7H6ClN3O2/c1-5(12)11(10-13)6-2-3-7(8)9-4-6/h2-4H,1H3. The first-order chi connectivity index (χ1) is 6.15. The molecule has 0 aromatic carbocycles. The van der Waals surface area contributed by atoms with Gasteiger partial charge in [-0.25, -0.2) is 4.98 Å². The Hall–Kier alpha value is -1.49. The van der Waals surface area contributed by atoms with Gasteiger partial charge in [-0.1, -0.05) is 11.6 Å². The van der Waals surface area contributed by atoms with Crippen LogP contribution in [0.5, 0.6) is 0 Å². The van der Waals surface area contributed by atoms with Crippen LogP contribution in [-0.2, 0) is 4.79 Å². The van der Waals surface area contributed by atoms with E-state index in [2.05, 4.69) is 10.3 Å². The minimum Gasteiger partial charge on any atom is -0.273 e. The van der Waals surface area contributed by atoms with Gasteiger partial charge in [-0.05, 0) is 12.1 Å². The van der Waals surface area contributed by atoms with Crippen LogP contribution >= 0.6 is 11.6 Å². The van der Waals surface area contributed by atoms with E-state index in [1.807, 2.05) is 0 Å². The molecule has 68 valence electrons. The van der Waals surface area contributed by atoms with Crippen LogP contribution in [0.1, 0.15) is 6.92 Å². The molecule has 1 rings (SSSR count). The molecule has 0 bridgehead atoms. The molecule has 0 radical (unpaired) electrons. The van der Waals surface area contributed by atoms with Gasteiger partial charge in [0.15, 0.2) is 0 Å². The molecule has 0 N–H and O–H groups in total. The smallest absolute Gasteiger partial charge is 0.246 e. The van der Waals surface area contributed by atoms with Gasteiger partial charge in [-0.3, -0.25) is 4.79 Å². The molecule has 0 saturated carbocycles. The third kappa shape index (κ3) is 2.22. The van der Waals surface area contributed by atoms with Gasteiger partial charge in [0.25, 0.3) is 0 Å². The van der Waals surface area contributed by atoms with Gasteiger partial charge in [-0.15, -0.1) is 4.91 Å². The lowest BCUT2D eigenvalue weighted by atomic mass is 10.4. The van der Waals surface area contributed by atoms with Gasteiger partial charge >= 0.3 is 0 Å². The number of hydrogen-bond donors (Lipinski definition) is 0. The van der Waals surface area contributed by atoms with Crippen LogP contribution < -0.4 is 5.01 Å². The summed E-state index contributed by atoms with van der Waals surface area (Å²) in [6.45, 7) is 1.23. The minimum absolute atomic E-state index is 0.290. The quantitative estimate of drug-likeness (QED) is 0.414. The molecule has 0 aliphatic heterocycles. The average Bonchev–Trinajstić information content (AvgIpc) is 2.09. The van der Waals surface area contributed by atoms with E-state index in [1.165, 1.54) is 25.3 Å². The third-order valence-corrected chi connectivity index (χ3v) is 1.56. The summed E-state index contributed by atoms with van der Waals surface area (Å²) in [7, 11) is 0. The van der Waals surface area contributed by atoms with Crippen molar-refractivity contribution in [3.63, 3.8) is 0 Å². The zero-order valence-corrected chi connectivity index (χ0v) is 7.52. The topological polar surface area (TPSA) is 62.6 Å². The normalized spacial score (nSPS) is 9.38. The van der Waals surface area contributed by atoms with Gasteiger partial charge in [0, 0.05) is 6.92 Å². The molecule has 13 heavy (non-hydrogen) atoms. The predicted molar refractivity (Wildman–Crippen MR) is 48.2 cm³/mol. The van der Waals surface area contributed by atoms with Gasteiger partial charge in [-0.2, -0.15) is 5.01 Å². The predicted octanol–water partition coefficient (Wildman–Crippen LogP) is 1.77. The molecule has 0 fully saturated rings. The molecule has 0 spiro atoms. The number of nitrogens with zero attached hydrogens (tertiary/aromatic N) is 3. The number of nitroso groups, excluding NO2 is 1. The lowest BCUT2D eigenvalue weighted by Gasteiger charge is -2.09. The second-order valence-electron chi connectivity index (χ2n) is 2.25. The third-order valence-electron chi connectivity index (χ3n) is 1.34. The summed E-state index contributed by atoms with van der Waals surface area (Å²) in [5, 5.41) is 3.53. The number of halogens is 1. The number of carbonyl (C=O) groups excluding carboxylic acids is 1. The van der Waals surface area contributed by atoms with Gasteiger partial charge in [0.2, 0.25) is 5.91 Å². The van der Waals surface area contributed by atoms with Crippen LogP contribution in [0, 0.1) is 4.91 Å². The van der Waals surface area contributed by atoms with Crippen molar-refractivity contribution in [2.24, 2.45) is 5.29 Å². The Morgan fingerprint density at radius 1 is 1.62 bits per heavy atom. The number of rotatable bonds is 2. The van der Waals surface area contributed by atoms with Crippen LogP contribution in [-0.4, -0.2) is 10.9 Å². The SMILES string of the molecule is CC(=O)N(N=O)c1ccc(Cl)nc1. The van der Waals surface area contributed by atoms with Crippen molar-refractivity contribution < 1.29 is 4.79 Å². The summed E-state index contributed by atoms with van der Waals surface area (Å²) >= 11 is 5.52. The molecule has 1 heterocycles. The second kappa shape index (κ2) is 3.95. The Morgan fingerprint density at radius 2 is 2.31 bits per heavy atom. The monoisotopic (exact) mass is 199 g/mol. The molecule has 0 aliphatic rings. The molecule has 0 unspecified atom stereocenters. The number of amides is 1. The molecular weight excluding hydrogens is 194 g/mol. The minimum atomic E-state index is -0.473. The molecular formula is C7H6ClN3O2. The molecule has 0 atom stereocenters. The largest absolute Gasteiger partial charge is 0.273 e. The van der Waals surface area contributed by atoms with E-state index in [9.17, 15) is 9.70 Å². The van der Waals surface area contributed by atoms with Crippen molar-refractivity contribution in [2.45, 2.75) is 6.92 Å². The van der Waals surface area contributed by atoms with Gasteiger partial charge in [0.05, 0.1) is 17.2 Å². The van der Waals surface area contributed by atoms with Crippen LogP contribution in [0.15, 0.2) is 23.6 Å². The Morgan fingerprint density at radius 3 is 2.69 bits per heavy atom. The van der Waals surface area contributed by atoms with E-state index < -0.39 is 5.91 Å². The lowest BCUT2D eigenvalue weighted by Crippen LogP contribution is -2.21. The highest BCUT2D eigenvalue weighted by Gasteiger charge is 2.11. The maximum Gasteiger partial charge on any atom is 0.246 e. The highest BCUT2D eigenvalue weighted by molar-refractivity contribution is 6.29. The molecule has 0 aliphatic carbocycles. The van der Waals surface area contributed by atoms with Crippen LogP contribution in [0.2, 0.25) is 5.15 Å². The second-order valence-corrected chi connectivity index (χ2v) is 2.64. The number of hydrogen-bond acceptors (Lipinski definition) is 4. The first-order valence-corrected chi connectivity index (χ1v) is 3.78. The van der Waals surface area contributed by atoms with Crippen LogP contribution in [0.4, 0.5) is 5.69 Å². The maximum absolute atomic E-state index is 10.8. The summed E-state index contributed by atoms with van der Waals surface area (Å²) in [6, 6.07) is 2.95. The fourth-order valence-corrected chi connectivity index (χ4v) is 0.892. The Kier molecular flexibility index (Phi) is 2.92. The van der Waals surface area contributed by atoms with Crippen molar-refractivity contribution in [1.29, 1.82) is 0 Å². The van der Waals surface area contributed by atoms with E-state index in [0.717, 1.165) is 0 Å². The van der Waals surface area contributed by atoms with Crippen molar-refractivity contribution in [1.82, 2.24) is 4.98 Å². The Labute approximate surface area is 79.3 Å². The van der Waals surface area contributed by atoms with Crippen molar-refractivity contribution in [3.05, 3.63) is 28.4 Å².